The fraction of sp³-hybridized carbons (Fsp3) is 0.667. The van der Waals surface area contributed by atoms with E-state index in [9.17, 15) is 4.79 Å². The highest BCUT2D eigenvalue weighted by Gasteiger charge is 2.15. The largest absolute Gasteiger partial charge is 0.315 e. The Hall–Kier alpha value is -0.650. The molecule has 1 unspecified atom stereocenters. The molecule has 2 rings (SSSR count). The monoisotopic (exact) mass is 213 g/mol. The highest BCUT2D eigenvalue weighted by molar-refractivity contribution is 7.07. The Labute approximate surface area is 86.9 Å². The fourth-order valence-corrected chi connectivity index (χ4v) is 2.36. The summed E-state index contributed by atoms with van der Waals surface area (Å²) in [7, 11) is 0. The van der Waals surface area contributed by atoms with Gasteiger partial charge in [0.2, 0.25) is 0 Å². The second-order valence-electron chi connectivity index (χ2n) is 3.76. The van der Waals surface area contributed by atoms with Crippen molar-refractivity contribution in [3.05, 3.63) is 20.7 Å². The third-order valence-electron chi connectivity index (χ3n) is 2.42. The molecular formula is C9H15N3OS. The summed E-state index contributed by atoms with van der Waals surface area (Å²) in [6, 6.07) is 0.550. The third kappa shape index (κ3) is 2.43. The van der Waals surface area contributed by atoms with Gasteiger partial charge >= 0.3 is 4.87 Å². The van der Waals surface area contributed by atoms with Crippen molar-refractivity contribution in [1.29, 1.82) is 0 Å². The molecule has 2 heterocycles. The van der Waals surface area contributed by atoms with E-state index in [1.54, 1.807) is 0 Å². The van der Waals surface area contributed by atoms with Gasteiger partial charge in [-0.05, 0) is 6.92 Å². The predicted octanol–water partition coefficient (Wildman–Crippen LogP) is 0.230. The molecule has 1 aromatic rings. The first-order valence-corrected chi connectivity index (χ1v) is 5.74. The maximum absolute atomic E-state index is 10.9. The summed E-state index contributed by atoms with van der Waals surface area (Å²) in [5.74, 6) is 0. The standard InChI is InChI=1S/C9H15N3OS/c1-7-4-12(3-2-10-7)5-8-6-14-9(13)11-8/h6-7,10H,2-5H2,1H3,(H,11,13). The minimum atomic E-state index is 0.0446. The van der Waals surface area contributed by atoms with Crippen LogP contribution < -0.4 is 10.2 Å². The summed E-state index contributed by atoms with van der Waals surface area (Å²) < 4.78 is 0. The van der Waals surface area contributed by atoms with E-state index >= 15 is 0 Å². The number of nitrogens with one attached hydrogen (secondary N) is 2. The molecular weight excluding hydrogens is 198 g/mol. The van der Waals surface area contributed by atoms with Crippen molar-refractivity contribution in [1.82, 2.24) is 15.2 Å². The zero-order valence-electron chi connectivity index (χ0n) is 8.25. The van der Waals surface area contributed by atoms with Crippen molar-refractivity contribution in [2.45, 2.75) is 19.5 Å². The quantitative estimate of drug-likeness (QED) is 0.739. The number of piperazine rings is 1. The molecule has 2 N–H and O–H groups in total. The molecule has 1 saturated heterocycles. The van der Waals surface area contributed by atoms with Gasteiger partial charge in [-0.25, -0.2) is 0 Å². The number of H-pyrrole nitrogens is 1. The molecule has 0 amide bonds. The van der Waals surface area contributed by atoms with Crippen LogP contribution in [-0.4, -0.2) is 35.6 Å². The molecule has 4 nitrogen and oxygen atoms in total. The van der Waals surface area contributed by atoms with E-state index in [0.29, 0.717) is 6.04 Å². The van der Waals surface area contributed by atoms with Gasteiger partial charge < -0.3 is 10.3 Å². The summed E-state index contributed by atoms with van der Waals surface area (Å²) in [6.45, 7) is 6.20. The predicted molar refractivity (Wildman–Crippen MR) is 57.7 cm³/mol. The number of aromatic amines is 1. The Morgan fingerprint density at radius 1 is 1.71 bits per heavy atom. The maximum Gasteiger partial charge on any atom is 0.304 e. The van der Waals surface area contributed by atoms with Crippen LogP contribution >= 0.6 is 11.3 Å². The lowest BCUT2D eigenvalue weighted by molar-refractivity contribution is 0.198. The minimum absolute atomic E-state index is 0.0446. The van der Waals surface area contributed by atoms with Crippen LogP contribution in [0.25, 0.3) is 0 Å². The van der Waals surface area contributed by atoms with Gasteiger partial charge in [0.1, 0.15) is 0 Å². The molecule has 1 atom stereocenters. The summed E-state index contributed by atoms with van der Waals surface area (Å²) >= 11 is 1.24. The van der Waals surface area contributed by atoms with Crippen LogP contribution in [-0.2, 0) is 6.54 Å². The average Bonchev–Trinajstić information content (AvgIpc) is 2.51. The molecule has 0 aliphatic carbocycles. The molecule has 0 bridgehead atoms. The highest BCUT2D eigenvalue weighted by Crippen LogP contribution is 2.05. The maximum atomic E-state index is 10.9. The van der Waals surface area contributed by atoms with Gasteiger partial charge in [-0.15, -0.1) is 0 Å². The van der Waals surface area contributed by atoms with Crippen LogP contribution in [0, 0.1) is 0 Å². The lowest BCUT2D eigenvalue weighted by Gasteiger charge is -2.31. The summed E-state index contributed by atoms with van der Waals surface area (Å²) in [5, 5.41) is 5.30. The molecule has 0 radical (unpaired) electrons. The second kappa shape index (κ2) is 4.25. The number of nitrogens with zero attached hydrogens (tertiary/aromatic N) is 1. The zero-order valence-corrected chi connectivity index (χ0v) is 9.06. The van der Waals surface area contributed by atoms with Gasteiger partial charge in [0.15, 0.2) is 0 Å². The summed E-state index contributed by atoms with van der Waals surface area (Å²) in [6.07, 6.45) is 0. The van der Waals surface area contributed by atoms with Gasteiger partial charge in [-0.3, -0.25) is 9.69 Å². The topological polar surface area (TPSA) is 48.1 Å². The Morgan fingerprint density at radius 3 is 3.21 bits per heavy atom. The Balaban J connectivity index is 1.93. The third-order valence-corrected chi connectivity index (χ3v) is 3.14. The van der Waals surface area contributed by atoms with Gasteiger partial charge in [0.25, 0.3) is 0 Å². The normalized spacial score (nSPS) is 23.9. The molecule has 0 saturated carbocycles. The minimum Gasteiger partial charge on any atom is -0.315 e. The number of aromatic nitrogens is 1. The Morgan fingerprint density at radius 2 is 2.57 bits per heavy atom. The van der Waals surface area contributed by atoms with E-state index in [4.69, 9.17) is 0 Å². The van der Waals surface area contributed by atoms with Gasteiger partial charge in [-0.2, -0.15) is 0 Å². The van der Waals surface area contributed by atoms with Gasteiger partial charge in [0, 0.05) is 43.3 Å². The molecule has 1 aliphatic heterocycles. The van der Waals surface area contributed by atoms with E-state index in [1.165, 1.54) is 11.3 Å². The van der Waals surface area contributed by atoms with Crippen LogP contribution in [0.2, 0.25) is 0 Å². The first kappa shape index (κ1) is 9.89. The van der Waals surface area contributed by atoms with Crippen molar-refractivity contribution >= 4 is 11.3 Å². The van der Waals surface area contributed by atoms with Crippen LogP contribution in [0.1, 0.15) is 12.6 Å². The number of hydrogen-bond acceptors (Lipinski definition) is 4. The first-order valence-electron chi connectivity index (χ1n) is 4.86. The average molecular weight is 213 g/mol. The fourth-order valence-electron chi connectivity index (χ4n) is 1.79. The SMILES string of the molecule is CC1CN(Cc2csc(=O)[nH]2)CCN1. The molecule has 1 aromatic heterocycles. The van der Waals surface area contributed by atoms with Crippen LogP contribution in [0.15, 0.2) is 10.2 Å². The molecule has 0 aromatic carbocycles. The zero-order chi connectivity index (χ0) is 9.97. The number of rotatable bonds is 2. The summed E-state index contributed by atoms with van der Waals surface area (Å²) in [5.41, 5.74) is 1.04. The molecule has 0 spiro atoms. The summed E-state index contributed by atoms with van der Waals surface area (Å²) in [4.78, 5) is 16.2. The van der Waals surface area contributed by atoms with Crippen molar-refractivity contribution in [3.63, 3.8) is 0 Å². The van der Waals surface area contributed by atoms with Crippen molar-refractivity contribution in [2.75, 3.05) is 19.6 Å². The van der Waals surface area contributed by atoms with Crippen LogP contribution in [0.4, 0.5) is 0 Å². The van der Waals surface area contributed by atoms with Crippen LogP contribution in [0.3, 0.4) is 0 Å². The Bertz CT molecular complexity index is 346. The van der Waals surface area contributed by atoms with E-state index in [1.807, 2.05) is 5.38 Å². The van der Waals surface area contributed by atoms with Crippen molar-refractivity contribution < 1.29 is 0 Å². The van der Waals surface area contributed by atoms with Gasteiger partial charge in [0.05, 0.1) is 0 Å². The van der Waals surface area contributed by atoms with Crippen molar-refractivity contribution in [3.8, 4) is 0 Å². The number of hydrogen-bond donors (Lipinski definition) is 2. The molecule has 14 heavy (non-hydrogen) atoms. The van der Waals surface area contributed by atoms with E-state index in [0.717, 1.165) is 31.9 Å². The van der Waals surface area contributed by atoms with Crippen LogP contribution in [0.5, 0.6) is 0 Å². The molecule has 1 fully saturated rings. The second-order valence-corrected chi connectivity index (χ2v) is 4.61. The Kier molecular flexibility index (Phi) is 3.00. The van der Waals surface area contributed by atoms with E-state index in [-0.39, 0.29) is 4.87 Å². The van der Waals surface area contributed by atoms with Crippen molar-refractivity contribution in [2.24, 2.45) is 0 Å². The first-order chi connectivity index (χ1) is 6.74. The smallest absolute Gasteiger partial charge is 0.304 e. The molecule has 5 heteroatoms. The molecule has 1 aliphatic rings. The van der Waals surface area contributed by atoms with E-state index in [2.05, 4.69) is 22.1 Å². The molecule has 78 valence electrons. The van der Waals surface area contributed by atoms with E-state index < -0.39 is 0 Å². The highest BCUT2D eigenvalue weighted by atomic mass is 32.1. The van der Waals surface area contributed by atoms with Gasteiger partial charge in [-0.1, -0.05) is 11.3 Å². The lowest BCUT2D eigenvalue weighted by atomic mass is 10.2. The number of thiazole rings is 1. The lowest BCUT2D eigenvalue weighted by Crippen LogP contribution is -2.48.